The second kappa shape index (κ2) is 9.18. The van der Waals surface area contributed by atoms with Crippen LogP contribution in [0.2, 0.25) is 0 Å². The zero-order chi connectivity index (χ0) is 17.5. The number of likely N-dealkylation sites (tertiary alicyclic amines) is 1. The van der Waals surface area contributed by atoms with Crippen molar-refractivity contribution in [1.82, 2.24) is 19.6 Å². The van der Waals surface area contributed by atoms with Gasteiger partial charge in [-0.2, -0.15) is 0 Å². The molecule has 0 atom stereocenters. The molecule has 2 saturated heterocycles. The summed E-state index contributed by atoms with van der Waals surface area (Å²) in [6, 6.07) is 0. The zero-order valence-electron chi connectivity index (χ0n) is 15.3. The largest absolute Gasteiger partial charge is 0.342 e. The molecule has 0 spiro atoms. The van der Waals surface area contributed by atoms with E-state index in [1.165, 1.54) is 0 Å². The first-order valence-electron chi connectivity index (χ1n) is 9.14. The molecule has 0 aromatic carbocycles. The normalized spacial score (nSPS) is 19.5. The quantitative estimate of drug-likeness (QED) is 0.641. The molecular weight excluding hydrogens is 304 g/mol. The van der Waals surface area contributed by atoms with E-state index in [0.29, 0.717) is 19.6 Å². The molecule has 0 bridgehead atoms. The zero-order valence-corrected chi connectivity index (χ0v) is 15.3. The molecule has 6 heteroatoms. The Morgan fingerprint density at radius 2 is 1.50 bits per heavy atom. The average Bonchev–Trinajstić information content (AvgIpc) is 3.08. The SMILES string of the molecule is C=C(C)CN(CC)C(=O)CN1CCN(CC(=O)N2CCCC2)CC1. The Labute approximate surface area is 146 Å². The van der Waals surface area contributed by atoms with Crippen molar-refractivity contribution in [2.75, 3.05) is 65.4 Å². The van der Waals surface area contributed by atoms with Crippen LogP contribution >= 0.6 is 0 Å². The Morgan fingerprint density at radius 3 is 2.00 bits per heavy atom. The van der Waals surface area contributed by atoms with Gasteiger partial charge >= 0.3 is 0 Å². The van der Waals surface area contributed by atoms with E-state index in [4.69, 9.17) is 0 Å². The first-order valence-corrected chi connectivity index (χ1v) is 9.14. The van der Waals surface area contributed by atoms with Gasteiger partial charge in [0.1, 0.15) is 0 Å². The van der Waals surface area contributed by atoms with Gasteiger partial charge in [0.15, 0.2) is 0 Å². The standard InChI is InChI=1S/C18H32N4O2/c1-4-21(13-16(2)3)17(23)14-19-9-11-20(12-10-19)15-18(24)22-7-5-6-8-22/h2,4-15H2,1,3H3. The molecule has 0 N–H and O–H groups in total. The van der Waals surface area contributed by atoms with E-state index >= 15 is 0 Å². The molecule has 24 heavy (non-hydrogen) atoms. The maximum absolute atomic E-state index is 12.4. The monoisotopic (exact) mass is 336 g/mol. The fraction of sp³-hybridized carbons (Fsp3) is 0.778. The Hall–Kier alpha value is -1.40. The summed E-state index contributed by atoms with van der Waals surface area (Å²) in [4.78, 5) is 32.8. The van der Waals surface area contributed by atoms with Gasteiger partial charge in [0.25, 0.3) is 0 Å². The number of piperazine rings is 1. The van der Waals surface area contributed by atoms with E-state index in [2.05, 4.69) is 16.4 Å². The molecule has 0 unspecified atom stereocenters. The van der Waals surface area contributed by atoms with Crippen molar-refractivity contribution in [1.29, 1.82) is 0 Å². The molecule has 6 nitrogen and oxygen atoms in total. The number of likely N-dealkylation sites (N-methyl/N-ethyl adjacent to an activating group) is 1. The van der Waals surface area contributed by atoms with Crippen LogP contribution in [-0.2, 0) is 9.59 Å². The molecule has 2 rings (SSSR count). The van der Waals surface area contributed by atoms with Crippen LogP contribution in [0.3, 0.4) is 0 Å². The highest BCUT2D eigenvalue weighted by Crippen LogP contribution is 2.09. The van der Waals surface area contributed by atoms with Gasteiger partial charge in [0.2, 0.25) is 11.8 Å². The number of hydrogen-bond donors (Lipinski definition) is 0. The van der Waals surface area contributed by atoms with E-state index in [-0.39, 0.29) is 11.8 Å². The molecular formula is C18H32N4O2. The molecule has 0 radical (unpaired) electrons. The van der Waals surface area contributed by atoms with Crippen molar-refractivity contribution < 1.29 is 9.59 Å². The third kappa shape index (κ3) is 5.60. The maximum Gasteiger partial charge on any atom is 0.237 e. The number of hydrogen-bond acceptors (Lipinski definition) is 4. The molecule has 0 aromatic rings. The van der Waals surface area contributed by atoms with Crippen molar-refractivity contribution in [2.24, 2.45) is 0 Å². The van der Waals surface area contributed by atoms with Crippen LogP contribution in [0.25, 0.3) is 0 Å². The second-order valence-electron chi connectivity index (χ2n) is 7.01. The Balaban J connectivity index is 1.71. The number of rotatable bonds is 7. The minimum absolute atomic E-state index is 0.169. The predicted octanol–water partition coefficient (Wildman–Crippen LogP) is 0.651. The van der Waals surface area contributed by atoms with Crippen molar-refractivity contribution in [3.63, 3.8) is 0 Å². The topological polar surface area (TPSA) is 47.1 Å². The van der Waals surface area contributed by atoms with Gasteiger partial charge < -0.3 is 9.80 Å². The molecule has 0 saturated carbocycles. The van der Waals surface area contributed by atoms with Crippen molar-refractivity contribution in [2.45, 2.75) is 26.7 Å². The fourth-order valence-electron chi connectivity index (χ4n) is 3.36. The molecule has 2 aliphatic heterocycles. The fourth-order valence-corrected chi connectivity index (χ4v) is 3.36. The number of nitrogens with zero attached hydrogens (tertiary/aromatic N) is 4. The molecule has 2 heterocycles. The summed E-state index contributed by atoms with van der Waals surface area (Å²) >= 11 is 0. The molecule has 136 valence electrons. The summed E-state index contributed by atoms with van der Waals surface area (Å²) in [5, 5.41) is 0. The van der Waals surface area contributed by atoms with Gasteiger partial charge in [0.05, 0.1) is 13.1 Å². The van der Waals surface area contributed by atoms with Crippen LogP contribution in [-0.4, -0.2) is 96.9 Å². The minimum Gasteiger partial charge on any atom is -0.342 e. The van der Waals surface area contributed by atoms with Gasteiger partial charge in [-0.15, -0.1) is 0 Å². The average molecular weight is 336 g/mol. The van der Waals surface area contributed by atoms with Crippen LogP contribution in [0.15, 0.2) is 12.2 Å². The molecule has 0 aliphatic carbocycles. The first kappa shape index (κ1) is 18.9. The van der Waals surface area contributed by atoms with Gasteiger partial charge in [-0.25, -0.2) is 0 Å². The van der Waals surface area contributed by atoms with E-state index < -0.39 is 0 Å². The number of amides is 2. The summed E-state index contributed by atoms with van der Waals surface area (Å²) in [5.41, 5.74) is 1.01. The first-order chi connectivity index (χ1) is 11.5. The van der Waals surface area contributed by atoms with Crippen LogP contribution in [0.1, 0.15) is 26.7 Å². The lowest BCUT2D eigenvalue weighted by Crippen LogP contribution is -2.52. The highest BCUT2D eigenvalue weighted by atomic mass is 16.2. The van der Waals surface area contributed by atoms with Crippen LogP contribution in [0.4, 0.5) is 0 Å². The van der Waals surface area contributed by atoms with Crippen molar-refractivity contribution >= 4 is 11.8 Å². The minimum atomic E-state index is 0.169. The summed E-state index contributed by atoms with van der Waals surface area (Å²) in [7, 11) is 0. The van der Waals surface area contributed by atoms with E-state index in [1.807, 2.05) is 23.6 Å². The smallest absolute Gasteiger partial charge is 0.237 e. The molecule has 2 fully saturated rings. The van der Waals surface area contributed by atoms with Gasteiger partial charge in [-0.05, 0) is 26.7 Å². The molecule has 2 amide bonds. The van der Waals surface area contributed by atoms with Gasteiger partial charge in [-0.3, -0.25) is 19.4 Å². The number of carbonyl (C=O) groups excluding carboxylic acids is 2. The summed E-state index contributed by atoms with van der Waals surface area (Å²) in [6.07, 6.45) is 2.28. The second-order valence-corrected chi connectivity index (χ2v) is 7.01. The maximum atomic E-state index is 12.4. The van der Waals surface area contributed by atoms with Gasteiger partial charge in [0, 0.05) is 52.4 Å². The van der Waals surface area contributed by atoms with Gasteiger partial charge in [-0.1, -0.05) is 12.2 Å². The van der Waals surface area contributed by atoms with E-state index in [1.54, 1.807) is 0 Å². The van der Waals surface area contributed by atoms with Crippen molar-refractivity contribution in [3.05, 3.63) is 12.2 Å². The van der Waals surface area contributed by atoms with Crippen LogP contribution < -0.4 is 0 Å². The van der Waals surface area contributed by atoms with Crippen LogP contribution in [0.5, 0.6) is 0 Å². The Kier molecular flexibility index (Phi) is 7.24. The summed E-state index contributed by atoms with van der Waals surface area (Å²) in [6.45, 7) is 15.5. The number of carbonyl (C=O) groups is 2. The third-order valence-corrected chi connectivity index (χ3v) is 4.84. The molecule has 0 aromatic heterocycles. The lowest BCUT2D eigenvalue weighted by molar-refractivity contribution is -0.134. The van der Waals surface area contributed by atoms with Crippen molar-refractivity contribution in [3.8, 4) is 0 Å². The molecule has 2 aliphatic rings. The highest BCUT2D eigenvalue weighted by molar-refractivity contribution is 5.79. The Bertz CT molecular complexity index is 452. The predicted molar refractivity (Wildman–Crippen MR) is 95.8 cm³/mol. The highest BCUT2D eigenvalue weighted by Gasteiger charge is 2.25. The summed E-state index contributed by atoms with van der Waals surface area (Å²) < 4.78 is 0. The van der Waals surface area contributed by atoms with E-state index in [0.717, 1.165) is 64.2 Å². The lowest BCUT2D eigenvalue weighted by Gasteiger charge is -2.35. The van der Waals surface area contributed by atoms with E-state index in [9.17, 15) is 9.59 Å². The Morgan fingerprint density at radius 1 is 0.958 bits per heavy atom. The van der Waals surface area contributed by atoms with Crippen LogP contribution in [0, 0.1) is 0 Å². The lowest BCUT2D eigenvalue weighted by atomic mass is 10.2. The third-order valence-electron chi connectivity index (χ3n) is 4.84. The summed E-state index contributed by atoms with van der Waals surface area (Å²) in [5.74, 6) is 0.428.